The lowest BCUT2D eigenvalue weighted by Crippen LogP contribution is -1.86. The summed E-state index contributed by atoms with van der Waals surface area (Å²) in [5.41, 5.74) is 0. The van der Waals surface area contributed by atoms with Gasteiger partial charge >= 0.3 is 0 Å². The van der Waals surface area contributed by atoms with Crippen molar-refractivity contribution < 1.29 is 0 Å². The van der Waals surface area contributed by atoms with Gasteiger partial charge in [0.25, 0.3) is 0 Å². The highest BCUT2D eigenvalue weighted by Crippen LogP contribution is 2.25. The van der Waals surface area contributed by atoms with Crippen LogP contribution in [0.15, 0.2) is 12.1 Å². The molecule has 0 saturated carbocycles. The van der Waals surface area contributed by atoms with Crippen LogP contribution in [-0.2, 0) is 0 Å². The molecule has 0 aromatic carbocycles. The maximum atomic E-state index is 3.20. The SMILES string of the molecule is CCC#CCC(C)c1ccc(C)s1. The van der Waals surface area contributed by atoms with E-state index in [0.29, 0.717) is 5.92 Å². The Kier molecular flexibility index (Phi) is 4.05. The molecule has 70 valence electrons. The van der Waals surface area contributed by atoms with Crippen LogP contribution in [0.5, 0.6) is 0 Å². The van der Waals surface area contributed by atoms with E-state index in [1.807, 2.05) is 11.3 Å². The average molecular weight is 192 g/mol. The van der Waals surface area contributed by atoms with Crippen molar-refractivity contribution in [3.05, 3.63) is 21.9 Å². The highest BCUT2D eigenvalue weighted by Gasteiger charge is 2.05. The minimum atomic E-state index is 0.595. The second-order valence-corrected chi connectivity index (χ2v) is 4.58. The first-order chi connectivity index (χ1) is 6.24. The zero-order valence-electron chi connectivity index (χ0n) is 8.55. The van der Waals surface area contributed by atoms with E-state index in [1.165, 1.54) is 9.75 Å². The third kappa shape index (κ3) is 3.24. The zero-order valence-corrected chi connectivity index (χ0v) is 9.37. The fourth-order valence-corrected chi connectivity index (χ4v) is 2.10. The van der Waals surface area contributed by atoms with Crippen molar-refractivity contribution in [3.8, 4) is 11.8 Å². The van der Waals surface area contributed by atoms with Gasteiger partial charge in [0, 0.05) is 28.5 Å². The van der Waals surface area contributed by atoms with E-state index in [1.54, 1.807) is 0 Å². The Hall–Kier alpha value is -0.740. The van der Waals surface area contributed by atoms with Crippen LogP contribution in [0.3, 0.4) is 0 Å². The van der Waals surface area contributed by atoms with E-state index in [0.717, 1.165) is 12.8 Å². The molecule has 1 unspecified atom stereocenters. The maximum Gasteiger partial charge on any atom is 0.0163 e. The van der Waals surface area contributed by atoms with Crippen LogP contribution in [0.2, 0.25) is 0 Å². The van der Waals surface area contributed by atoms with Crippen molar-refractivity contribution >= 4 is 11.3 Å². The van der Waals surface area contributed by atoms with Gasteiger partial charge in [0.2, 0.25) is 0 Å². The molecule has 0 aliphatic rings. The second kappa shape index (κ2) is 5.09. The van der Waals surface area contributed by atoms with Gasteiger partial charge in [-0.1, -0.05) is 13.8 Å². The molecule has 0 fully saturated rings. The number of thiophene rings is 1. The highest BCUT2D eigenvalue weighted by atomic mass is 32.1. The predicted molar refractivity (Wildman–Crippen MR) is 60.2 cm³/mol. The molecule has 13 heavy (non-hydrogen) atoms. The first-order valence-electron chi connectivity index (χ1n) is 4.76. The Balaban J connectivity index is 2.53. The van der Waals surface area contributed by atoms with Crippen LogP contribution in [-0.4, -0.2) is 0 Å². The maximum absolute atomic E-state index is 3.20. The molecular formula is C12H16S. The van der Waals surface area contributed by atoms with E-state index in [4.69, 9.17) is 0 Å². The molecule has 1 heterocycles. The first kappa shape index (κ1) is 10.3. The summed E-state index contributed by atoms with van der Waals surface area (Å²) >= 11 is 1.89. The Morgan fingerprint density at radius 1 is 1.38 bits per heavy atom. The number of hydrogen-bond acceptors (Lipinski definition) is 1. The largest absolute Gasteiger partial charge is 0.145 e. The van der Waals surface area contributed by atoms with E-state index >= 15 is 0 Å². The number of aryl methyl sites for hydroxylation is 1. The molecule has 0 bridgehead atoms. The topological polar surface area (TPSA) is 0 Å². The summed E-state index contributed by atoms with van der Waals surface area (Å²) < 4.78 is 0. The Bertz CT molecular complexity index is 311. The standard InChI is InChI=1S/C12H16S/c1-4-5-6-7-10(2)12-9-8-11(3)13-12/h8-10H,4,7H2,1-3H3. The summed E-state index contributed by atoms with van der Waals surface area (Å²) in [6.07, 6.45) is 1.96. The lowest BCUT2D eigenvalue weighted by molar-refractivity contribution is 0.813. The van der Waals surface area contributed by atoms with Crippen LogP contribution in [0.25, 0.3) is 0 Å². The van der Waals surface area contributed by atoms with E-state index in [2.05, 4.69) is 44.7 Å². The van der Waals surface area contributed by atoms with Gasteiger partial charge in [-0.25, -0.2) is 0 Å². The molecule has 0 saturated heterocycles. The minimum absolute atomic E-state index is 0.595. The number of hydrogen-bond donors (Lipinski definition) is 0. The zero-order chi connectivity index (χ0) is 9.68. The van der Waals surface area contributed by atoms with Gasteiger partial charge in [-0.05, 0) is 19.1 Å². The van der Waals surface area contributed by atoms with Crippen molar-refractivity contribution in [3.63, 3.8) is 0 Å². The minimum Gasteiger partial charge on any atom is -0.145 e. The summed E-state index contributed by atoms with van der Waals surface area (Å²) in [6, 6.07) is 4.40. The fourth-order valence-electron chi connectivity index (χ4n) is 1.17. The van der Waals surface area contributed by atoms with Crippen molar-refractivity contribution in [1.29, 1.82) is 0 Å². The smallest absolute Gasteiger partial charge is 0.0163 e. The molecule has 0 nitrogen and oxygen atoms in total. The van der Waals surface area contributed by atoms with Crippen LogP contribution in [0, 0.1) is 18.8 Å². The van der Waals surface area contributed by atoms with E-state index < -0.39 is 0 Å². The third-order valence-electron chi connectivity index (χ3n) is 1.96. The average Bonchev–Trinajstić information content (AvgIpc) is 2.52. The van der Waals surface area contributed by atoms with E-state index in [9.17, 15) is 0 Å². The Labute approximate surface area is 85.0 Å². The predicted octanol–water partition coefficient (Wildman–Crippen LogP) is 3.96. The Morgan fingerprint density at radius 3 is 2.69 bits per heavy atom. The molecule has 0 radical (unpaired) electrons. The molecule has 1 rings (SSSR count). The van der Waals surface area contributed by atoms with Gasteiger partial charge in [0.05, 0.1) is 0 Å². The summed E-state index contributed by atoms with van der Waals surface area (Å²) in [7, 11) is 0. The van der Waals surface area contributed by atoms with Gasteiger partial charge in [-0.2, -0.15) is 0 Å². The van der Waals surface area contributed by atoms with Gasteiger partial charge in [-0.3, -0.25) is 0 Å². The molecular weight excluding hydrogens is 176 g/mol. The van der Waals surface area contributed by atoms with Gasteiger partial charge in [0.15, 0.2) is 0 Å². The van der Waals surface area contributed by atoms with Crippen LogP contribution >= 0.6 is 11.3 Å². The monoisotopic (exact) mass is 192 g/mol. The molecule has 0 spiro atoms. The van der Waals surface area contributed by atoms with Gasteiger partial charge in [-0.15, -0.1) is 23.2 Å². The lowest BCUT2D eigenvalue weighted by atomic mass is 10.1. The lowest BCUT2D eigenvalue weighted by Gasteiger charge is -2.02. The van der Waals surface area contributed by atoms with Crippen molar-refractivity contribution in [2.24, 2.45) is 0 Å². The van der Waals surface area contributed by atoms with Crippen molar-refractivity contribution in [2.75, 3.05) is 0 Å². The Morgan fingerprint density at radius 2 is 2.15 bits per heavy atom. The van der Waals surface area contributed by atoms with Gasteiger partial charge in [0.1, 0.15) is 0 Å². The normalized spacial score (nSPS) is 11.9. The summed E-state index contributed by atoms with van der Waals surface area (Å²) in [6.45, 7) is 6.49. The molecule has 1 aromatic rings. The first-order valence-corrected chi connectivity index (χ1v) is 5.57. The second-order valence-electron chi connectivity index (χ2n) is 3.26. The van der Waals surface area contributed by atoms with E-state index in [-0.39, 0.29) is 0 Å². The molecule has 1 aromatic heterocycles. The van der Waals surface area contributed by atoms with Crippen LogP contribution in [0.4, 0.5) is 0 Å². The van der Waals surface area contributed by atoms with Crippen LogP contribution in [0.1, 0.15) is 42.4 Å². The molecule has 0 aliphatic carbocycles. The van der Waals surface area contributed by atoms with Gasteiger partial charge < -0.3 is 0 Å². The van der Waals surface area contributed by atoms with Crippen LogP contribution < -0.4 is 0 Å². The molecule has 0 N–H and O–H groups in total. The number of rotatable bonds is 2. The quantitative estimate of drug-likeness (QED) is 0.622. The molecule has 0 aliphatic heterocycles. The van der Waals surface area contributed by atoms with Crippen molar-refractivity contribution in [1.82, 2.24) is 0 Å². The summed E-state index contributed by atoms with van der Waals surface area (Å²) in [5.74, 6) is 6.90. The van der Waals surface area contributed by atoms with Crippen molar-refractivity contribution in [2.45, 2.75) is 39.5 Å². The highest BCUT2D eigenvalue weighted by molar-refractivity contribution is 7.12. The summed E-state index contributed by atoms with van der Waals surface area (Å²) in [5, 5.41) is 0. The molecule has 1 atom stereocenters. The summed E-state index contributed by atoms with van der Waals surface area (Å²) in [4.78, 5) is 2.85. The fraction of sp³-hybridized carbons (Fsp3) is 0.500. The molecule has 1 heteroatoms. The third-order valence-corrected chi connectivity index (χ3v) is 3.19. The molecule has 0 amide bonds.